The summed E-state index contributed by atoms with van der Waals surface area (Å²) in [5, 5.41) is 13.0. The number of hydrogen-bond donors (Lipinski definition) is 0. The SMILES string of the molecule is CC(=O)[N+]1=c2ccccc2=C2CCCC21O[O-]. The molecule has 1 aromatic rings. The number of amides is 1. The minimum Gasteiger partial charge on any atom is -0.718 e. The van der Waals surface area contributed by atoms with Gasteiger partial charge in [0, 0.05) is 18.1 Å². The molecule has 17 heavy (non-hydrogen) atoms. The van der Waals surface area contributed by atoms with Gasteiger partial charge in [-0.1, -0.05) is 12.1 Å². The molecule has 1 aliphatic heterocycles. The lowest BCUT2D eigenvalue weighted by Gasteiger charge is -2.26. The summed E-state index contributed by atoms with van der Waals surface area (Å²) in [5.41, 5.74) is -0.103. The quantitative estimate of drug-likeness (QED) is 0.356. The zero-order chi connectivity index (χ0) is 12.0. The number of carbonyl (C=O) groups excluding carboxylic acids is 1. The van der Waals surface area contributed by atoms with E-state index in [1.54, 1.807) is 0 Å². The molecule has 1 aromatic carbocycles. The van der Waals surface area contributed by atoms with Gasteiger partial charge in [-0.2, -0.15) is 0 Å². The number of hydrogen-bond acceptors (Lipinski definition) is 3. The first-order valence-corrected chi connectivity index (χ1v) is 5.78. The maximum Gasteiger partial charge on any atom is 0.387 e. The minimum absolute atomic E-state index is 0.148. The van der Waals surface area contributed by atoms with E-state index in [9.17, 15) is 10.1 Å². The molecule has 1 saturated carbocycles. The van der Waals surface area contributed by atoms with Crippen molar-refractivity contribution < 1.29 is 14.9 Å². The summed E-state index contributed by atoms with van der Waals surface area (Å²) in [7, 11) is 0. The normalized spacial score (nSPS) is 26.0. The van der Waals surface area contributed by atoms with E-state index in [0.717, 1.165) is 29.0 Å². The molecule has 4 heteroatoms. The third kappa shape index (κ3) is 1.19. The maximum atomic E-state index is 11.8. The number of rotatable bonds is 1. The Morgan fingerprint density at radius 3 is 2.94 bits per heavy atom. The molecule has 1 atom stereocenters. The largest absolute Gasteiger partial charge is 0.718 e. The molecule has 1 amide bonds. The molecular formula is C13H13NO3. The van der Waals surface area contributed by atoms with Crippen LogP contribution in [0.15, 0.2) is 24.3 Å². The van der Waals surface area contributed by atoms with Crippen LogP contribution in [0.25, 0.3) is 5.57 Å². The molecule has 0 aromatic heterocycles. The van der Waals surface area contributed by atoms with E-state index >= 15 is 0 Å². The van der Waals surface area contributed by atoms with E-state index in [2.05, 4.69) is 4.89 Å². The van der Waals surface area contributed by atoms with Crippen molar-refractivity contribution in [1.82, 2.24) is 4.58 Å². The summed E-state index contributed by atoms with van der Waals surface area (Å²) in [6.45, 7) is 1.47. The van der Waals surface area contributed by atoms with Crippen molar-refractivity contribution in [2.75, 3.05) is 0 Å². The van der Waals surface area contributed by atoms with E-state index in [-0.39, 0.29) is 5.91 Å². The summed E-state index contributed by atoms with van der Waals surface area (Å²) in [5.74, 6) is -0.148. The molecule has 1 fully saturated rings. The van der Waals surface area contributed by atoms with Gasteiger partial charge in [-0.05, 0) is 18.9 Å². The maximum absolute atomic E-state index is 11.8. The molecule has 1 heterocycles. The predicted molar refractivity (Wildman–Crippen MR) is 58.7 cm³/mol. The van der Waals surface area contributed by atoms with Crippen LogP contribution in [0.4, 0.5) is 0 Å². The van der Waals surface area contributed by atoms with Crippen molar-refractivity contribution in [2.24, 2.45) is 0 Å². The van der Waals surface area contributed by atoms with Crippen molar-refractivity contribution in [3.8, 4) is 0 Å². The average molecular weight is 231 g/mol. The van der Waals surface area contributed by atoms with Crippen LogP contribution in [-0.2, 0) is 9.68 Å². The van der Waals surface area contributed by atoms with Crippen LogP contribution in [-0.4, -0.2) is 11.6 Å². The lowest BCUT2D eigenvalue weighted by atomic mass is 10.1. The topological polar surface area (TPSA) is 52.4 Å². The standard InChI is InChI=1S/C13H13NO3/c1-9(15)14-12-7-3-2-5-10(12)11-6-4-8-13(11,14)17-16/h2-3,5,7H,4,6,8H2,1H3. The Hall–Kier alpha value is -1.52. The highest BCUT2D eigenvalue weighted by molar-refractivity contribution is 5.80. The Morgan fingerprint density at radius 2 is 2.24 bits per heavy atom. The van der Waals surface area contributed by atoms with Gasteiger partial charge in [0.25, 0.3) is 5.72 Å². The third-order valence-electron chi connectivity index (χ3n) is 3.70. The summed E-state index contributed by atoms with van der Waals surface area (Å²) >= 11 is 0. The first-order valence-electron chi connectivity index (χ1n) is 5.78. The molecule has 0 N–H and O–H groups in total. The van der Waals surface area contributed by atoms with Gasteiger partial charge in [-0.3, -0.25) is 0 Å². The van der Waals surface area contributed by atoms with Crippen LogP contribution < -0.4 is 20.4 Å². The van der Waals surface area contributed by atoms with E-state index in [0.29, 0.717) is 6.42 Å². The van der Waals surface area contributed by atoms with Gasteiger partial charge < -0.3 is 10.1 Å². The zero-order valence-corrected chi connectivity index (χ0v) is 9.60. The number of nitrogens with zero attached hydrogens (tertiary/aromatic N) is 1. The molecule has 3 rings (SSSR count). The van der Waals surface area contributed by atoms with Crippen LogP contribution in [0.1, 0.15) is 26.2 Å². The van der Waals surface area contributed by atoms with Gasteiger partial charge in [-0.25, -0.2) is 4.79 Å². The van der Waals surface area contributed by atoms with E-state index in [1.165, 1.54) is 11.5 Å². The summed E-state index contributed by atoms with van der Waals surface area (Å²) in [6.07, 6.45) is 2.29. The molecule has 2 aliphatic rings. The fraction of sp³-hybridized carbons (Fsp3) is 0.385. The highest BCUT2D eigenvalue weighted by Crippen LogP contribution is 2.38. The van der Waals surface area contributed by atoms with Gasteiger partial charge in [0.2, 0.25) is 5.36 Å². The van der Waals surface area contributed by atoms with Gasteiger partial charge in [0.05, 0.1) is 12.1 Å². The van der Waals surface area contributed by atoms with Crippen molar-refractivity contribution in [1.29, 1.82) is 0 Å². The van der Waals surface area contributed by atoms with Crippen LogP contribution in [0.3, 0.4) is 0 Å². The number of para-hydroxylation sites is 1. The Kier molecular flexibility index (Phi) is 2.18. The fourth-order valence-corrected chi connectivity index (χ4v) is 3.11. The summed E-state index contributed by atoms with van der Waals surface area (Å²) in [6, 6.07) is 7.60. The lowest BCUT2D eigenvalue weighted by molar-refractivity contribution is -0.714. The molecule has 0 radical (unpaired) electrons. The molecule has 1 unspecified atom stereocenters. The van der Waals surface area contributed by atoms with Crippen LogP contribution in [0.2, 0.25) is 0 Å². The second-order valence-corrected chi connectivity index (χ2v) is 4.57. The molecule has 88 valence electrons. The Morgan fingerprint density at radius 1 is 1.47 bits per heavy atom. The fourth-order valence-electron chi connectivity index (χ4n) is 3.11. The van der Waals surface area contributed by atoms with Crippen LogP contribution in [0, 0.1) is 0 Å². The smallest absolute Gasteiger partial charge is 0.387 e. The highest BCUT2D eigenvalue weighted by Gasteiger charge is 2.53. The molecule has 1 aliphatic carbocycles. The van der Waals surface area contributed by atoms with Gasteiger partial charge >= 0.3 is 5.91 Å². The van der Waals surface area contributed by atoms with Crippen molar-refractivity contribution in [3.05, 3.63) is 34.8 Å². The Balaban J connectivity index is 2.47. The monoisotopic (exact) mass is 231 g/mol. The second-order valence-electron chi connectivity index (χ2n) is 4.57. The Bertz CT molecular complexity index is 620. The molecule has 0 spiro atoms. The third-order valence-corrected chi connectivity index (χ3v) is 3.70. The molecule has 0 saturated heterocycles. The van der Waals surface area contributed by atoms with Crippen molar-refractivity contribution in [3.63, 3.8) is 0 Å². The first kappa shape index (κ1) is 10.6. The first-order chi connectivity index (χ1) is 8.20. The number of carbonyl (C=O) groups is 1. The summed E-state index contributed by atoms with van der Waals surface area (Å²) < 4.78 is 1.51. The van der Waals surface area contributed by atoms with Gasteiger partial charge in [0.1, 0.15) is 0 Å². The minimum atomic E-state index is -1.06. The molecule has 4 nitrogen and oxygen atoms in total. The highest BCUT2D eigenvalue weighted by atomic mass is 17.1. The van der Waals surface area contributed by atoms with Gasteiger partial charge in [0.15, 0.2) is 0 Å². The molecular weight excluding hydrogens is 218 g/mol. The average Bonchev–Trinajstić information content (AvgIpc) is 2.83. The van der Waals surface area contributed by atoms with E-state index in [4.69, 9.17) is 0 Å². The second kappa shape index (κ2) is 3.48. The van der Waals surface area contributed by atoms with Crippen LogP contribution >= 0.6 is 0 Å². The van der Waals surface area contributed by atoms with Crippen molar-refractivity contribution >= 4 is 11.5 Å². The van der Waals surface area contributed by atoms with Crippen LogP contribution in [0.5, 0.6) is 0 Å². The predicted octanol–water partition coefficient (Wildman–Crippen LogP) is -0.939. The molecule has 0 bridgehead atoms. The van der Waals surface area contributed by atoms with E-state index < -0.39 is 5.72 Å². The van der Waals surface area contributed by atoms with Gasteiger partial charge in [-0.15, -0.1) is 4.58 Å². The number of fused-ring (bicyclic) bond motifs is 2. The zero-order valence-electron chi connectivity index (χ0n) is 9.60. The summed E-state index contributed by atoms with van der Waals surface area (Å²) in [4.78, 5) is 16.3. The Labute approximate surface area is 98.4 Å². The number of benzene rings is 1. The van der Waals surface area contributed by atoms with Crippen molar-refractivity contribution in [2.45, 2.75) is 31.9 Å². The van der Waals surface area contributed by atoms with E-state index in [1.807, 2.05) is 24.3 Å². The lowest BCUT2D eigenvalue weighted by Crippen LogP contribution is -2.53.